The van der Waals surface area contributed by atoms with Crippen LogP contribution in [0.4, 0.5) is 0 Å². The molecule has 0 radical (unpaired) electrons. The fourth-order valence-corrected chi connectivity index (χ4v) is 1.20. The third-order valence-electron chi connectivity index (χ3n) is 2.46. The van der Waals surface area contributed by atoms with E-state index in [1.165, 1.54) is 0 Å². The largest absolute Gasteiger partial charge is 0.472 e. The highest BCUT2D eigenvalue weighted by Gasteiger charge is 2.20. The van der Waals surface area contributed by atoms with Crippen LogP contribution in [0.3, 0.4) is 0 Å². The average molecular weight is 168 g/mol. The van der Waals surface area contributed by atoms with Gasteiger partial charge < -0.3 is 5.11 Å². The van der Waals surface area contributed by atoms with Gasteiger partial charge in [-0.25, -0.2) is 4.79 Å². The van der Waals surface area contributed by atoms with E-state index in [1.54, 1.807) is 0 Å². The lowest BCUT2D eigenvalue weighted by atomic mass is 9.80. The number of aliphatic carboxylic acids is 1. The van der Waals surface area contributed by atoms with Crippen molar-refractivity contribution in [3.05, 3.63) is 0 Å². The quantitative estimate of drug-likeness (QED) is 0.656. The van der Waals surface area contributed by atoms with Gasteiger partial charge in [-0.15, -0.1) is 0 Å². The molecule has 2 nitrogen and oxygen atoms in total. The van der Waals surface area contributed by atoms with Crippen molar-refractivity contribution in [1.29, 1.82) is 0 Å². The normalized spacial score (nSPS) is 10.2. The second-order valence-corrected chi connectivity index (χ2v) is 2.90. The maximum Gasteiger partial charge on any atom is 0.381 e. The highest BCUT2D eigenvalue weighted by Crippen LogP contribution is 2.28. The molecule has 0 heterocycles. The summed E-state index contributed by atoms with van der Waals surface area (Å²) >= 11 is 0. The molecule has 0 bridgehead atoms. The Hall–Kier alpha value is -0.970. The first kappa shape index (κ1) is 11.0. The van der Waals surface area contributed by atoms with E-state index >= 15 is 0 Å². The molecule has 0 aromatic heterocycles. The number of hydrogen-bond acceptors (Lipinski definition) is 1. The van der Waals surface area contributed by atoms with E-state index in [0.29, 0.717) is 0 Å². The highest BCUT2D eigenvalue weighted by molar-refractivity contribution is 5.86. The van der Waals surface area contributed by atoms with Crippen LogP contribution < -0.4 is 0 Å². The predicted octanol–water partition coefficient (Wildman–Crippen LogP) is 2.29. The summed E-state index contributed by atoms with van der Waals surface area (Å²) in [5.74, 6) is 4.01. The van der Waals surface area contributed by atoms with E-state index in [0.717, 1.165) is 19.3 Å². The first-order valence-electron chi connectivity index (χ1n) is 4.36. The lowest BCUT2D eigenvalue weighted by Crippen LogP contribution is -2.15. The van der Waals surface area contributed by atoms with Gasteiger partial charge in [0, 0.05) is 11.3 Å². The Labute approximate surface area is 74.0 Å². The fourth-order valence-electron chi connectivity index (χ4n) is 1.20. The van der Waals surface area contributed by atoms with E-state index in [9.17, 15) is 4.79 Å². The molecule has 1 N–H and O–H groups in total. The molecule has 0 aliphatic heterocycles. The zero-order valence-corrected chi connectivity index (χ0v) is 7.98. The van der Waals surface area contributed by atoms with E-state index in [1.807, 2.05) is 20.8 Å². The van der Waals surface area contributed by atoms with Gasteiger partial charge in [-0.3, -0.25) is 0 Å². The van der Waals surface area contributed by atoms with Crippen molar-refractivity contribution >= 4 is 5.97 Å². The van der Waals surface area contributed by atoms with Gasteiger partial charge in [0.2, 0.25) is 0 Å². The van der Waals surface area contributed by atoms with Crippen LogP contribution in [0.2, 0.25) is 0 Å². The van der Waals surface area contributed by atoms with Gasteiger partial charge in [0.15, 0.2) is 0 Å². The maximum absolute atomic E-state index is 10.2. The molecule has 12 heavy (non-hydrogen) atoms. The van der Waals surface area contributed by atoms with Gasteiger partial charge >= 0.3 is 5.97 Å². The lowest BCUT2D eigenvalue weighted by Gasteiger charge is -2.22. The number of rotatable bonds is 3. The minimum Gasteiger partial charge on any atom is -0.472 e. The molecule has 0 fully saturated rings. The molecule has 0 spiro atoms. The predicted molar refractivity (Wildman–Crippen MR) is 48.7 cm³/mol. The van der Waals surface area contributed by atoms with Crippen molar-refractivity contribution in [2.24, 2.45) is 5.41 Å². The second kappa shape index (κ2) is 4.82. The van der Waals surface area contributed by atoms with Crippen LogP contribution in [-0.2, 0) is 4.79 Å². The van der Waals surface area contributed by atoms with Crippen LogP contribution in [0.1, 0.15) is 40.0 Å². The molecular formula is C10H16O2. The Bertz CT molecular complexity index is 195. The fraction of sp³-hybridized carbons (Fsp3) is 0.700. The van der Waals surface area contributed by atoms with Crippen molar-refractivity contribution < 1.29 is 9.90 Å². The highest BCUT2D eigenvalue weighted by atomic mass is 16.4. The van der Waals surface area contributed by atoms with Gasteiger partial charge in [0.1, 0.15) is 0 Å². The Balaban J connectivity index is 4.54. The van der Waals surface area contributed by atoms with Crippen LogP contribution in [0.15, 0.2) is 0 Å². The molecule has 2 heteroatoms. The summed E-state index contributed by atoms with van der Waals surface area (Å²) in [6.45, 7) is 6.14. The SMILES string of the molecule is CCC(C#CC(=O)O)(CC)CC. The van der Waals surface area contributed by atoms with E-state index < -0.39 is 5.97 Å². The topological polar surface area (TPSA) is 37.3 Å². The smallest absolute Gasteiger partial charge is 0.381 e. The number of hydrogen-bond donors (Lipinski definition) is 1. The lowest BCUT2D eigenvalue weighted by molar-refractivity contribution is -0.130. The van der Waals surface area contributed by atoms with E-state index in [2.05, 4.69) is 11.8 Å². The van der Waals surface area contributed by atoms with Crippen LogP contribution in [-0.4, -0.2) is 11.1 Å². The first-order valence-corrected chi connectivity index (χ1v) is 4.36. The molecular weight excluding hydrogens is 152 g/mol. The summed E-state index contributed by atoms with van der Waals surface area (Å²) in [5.41, 5.74) is -0.0849. The number of carboxylic acids is 1. The van der Waals surface area contributed by atoms with Crippen molar-refractivity contribution in [2.75, 3.05) is 0 Å². The van der Waals surface area contributed by atoms with Crippen LogP contribution >= 0.6 is 0 Å². The zero-order valence-electron chi connectivity index (χ0n) is 7.98. The van der Waals surface area contributed by atoms with E-state index in [-0.39, 0.29) is 5.41 Å². The summed E-state index contributed by atoms with van der Waals surface area (Å²) in [7, 11) is 0. The summed E-state index contributed by atoms with van der Waals surface area (Å²) in [6.07, 6.45) is 2.75. The molecule has 0 aromatic rings. The van der Waals surface area contributed by atoms with Crippen LogP contribution in [0, 0.1) is 17.3 Å². The molecule has 0 amide bonds. The van der Waals surface area contributed by atoms with Crippen LogP contribution in [0.5, 0.6) is 0 Å². The third-order valence-corrected chi connectivity index (χ3v) is 2.46. The van der Waals surface area contributed by atoms with Crippen molar-refractivity contribution in [3.63, 3.8) is 0 Å². The average Bonchev–Trinajstić information content (AvgIpc) is 2.08. The second-order valence-electron chi connectivity index (χ2n) is 2.90. The third kappa shape index (κ3) is 2.96. The van der Waals surface area contributed by atoms with E-state index in [4.69, 9.17) is 5.11 Å². The molecule has 0 aromatic carbocycles. The number of carbonyl (C=O) groups is 1. The standard InChI is InChI=1S/C10H16O2/c1-4-10(5-2,6-3)8-7-9(11)12/h4-6H2,1-3H3,(H,11,12). The summed E-state index contributed by atoms with van der Waals surface area (Å²) in [5, 5.41) is 8.39. The first-order chi connectivity index (χ1) is 5.60. The molecule has 0 saturated carbocycles. The van der Waals surface area contributed by atoms with Gasteiger partial charge in [-0.05, 0) is 19.3 Å². The molecule has 0 unspecified atom stereocenters. The molecule has 0 saturated heterocycles. The Morgan fingerprint density at radius 2 is 1.67 bits per heavy atom. The molecule has 0 aliphatic carbocycles. The minimum atomic E-state index is -1.03. The van der Waals surface area contributed by atoms with Crippen molar-refractivity contribution in [2.45, 2.75) is 40.0 Å². The van der Waals surface area contributed by atoms with Gasteiger partial charge in [0.05, 0.1) is 0 Å². The minimum absolute atomic E-state index is 0.0849. The van der Waals surface area contributed by atoms with Gasteiger partial charge in [-0.1, -0.05) is 26.7 Å². The van der Waals surface area contributed by atoms with Crippen molar-refractivity contribution in [3.8, 4) is 11.8 Å². The maximum atomic E-state index is 10.2. The zero-order chi connectivity index (χ0) is 9.61. The number of carboxylic acid groups (broad SMARTS) is 1. The van der Waals surface area contributed by atoms with Gasteiger partial charge in [-0.2, -0.15) is 0 Å². The van der Waals surface area contributed by atoms with Gasteiger partial charge in [0.25, 0.3) is 0 Å². The van der Waals surface area contributed by atoms with Crippen LogP contribution in [0.25, 0.3) is 0 Å². The molecule has 0 atom stereocenters. The Morgan fingerprint density at radius 3 is 1.92 bits per heavy atom. The Morgan fingerprint density at radius 1 is 1.25 bits per heavy atom. The molecule has 0 rings (SSSR count). The summed E-state index contributed by atoms with van der Waals surface area (Å²) in [6, 6.07) is 0. The monoisotopic (exact) mass is 168 g/mol. The van der Waals surface area contributed by atoms with Crippen molar-refractivity contribution in [1.82, 2.24) is 0 Å². The Kier molecular flexibility index (Phi) is 4.43. The molecule has 68 valence electrons. The molecule has 0 aliphatic rings. The summed E-state index contributed by atoms with van der Waals surface area (Å²) < 4.78 is 0. The summed E-state index contributed by atoms with van der Waals surface area (Å²) in [4.78, 5) is 10.2.